The van der Waals surface area contributed by atoms with Crippen molar-refractivity contribution < 1.29 is 13.6 Å². The maximum absolute atomic E-state index is 13.3. The molecule has 0 atom stereocenters. The van der Waals surface area contributed by atoms with Crippen molar-refractivity contribution in [2.24, 2.45) is 0 Å². The van der Waals surface area contributed by atoms with Gasteiger partial charge in [-0.05, 0) is 36.8 Å². The number of nitrogens with zero attached hydrogens (tertiary/aromatic N) is 1. The normalized spacial score (nSPS) is 10.5. The fourth-order valence-corrected chi connectivity index (χ4v) is 2.55. The average Bonchev–Trinajstić information content (AvgIpc) is 2.65. The summed E-state index contributed by atoms with van der Waals surface area (Å²) in [6.45, 7) is 1.73. The molecule has 2 aromatic carbocycles. The first kappa shape index (κ1) is 18.2. The Kier molecular flexibility index (Phi) is 4.94. The number of amides is 1. The first-order valence-corrected chi connectivity index (χ1v) is 8.03. The van der Waals surface area contributed by atoms with Crippen LogP contribution in [0.5, 0.6) is 0 Å². The van der Waals surface area contributed by atoms with Crippen LogP contribution in [0.1, 0.15) is 21.6 Å². The lowest BCUT2D eigenvalue weighted by Gasteiger charge is -2.10. The van der Waals surface area contributed by atoms with Crippen LogP contribution >= 0.6 is 0 Å². The van der Waals surface area contributed by atoms with E-state index in [1.807, 2.05) is 0 Å². The molecule has 0 aliphatic carbocycles. The number of rotatable bonds is 4. The van der Waals surface area contributed by atoms with Crippen molar-refractivity contribution in [3.8, 4) is 11.3 Å². The summed E-state index contributed by atoms with van der Waals surface area (Å²) in [4.78, 5) is 16.9. The number of carbonyl (C=O) groups excluding carboxylic acids is 1. The number of nitrogen functional groups attached to an aromatic ring is 1. The van der Waals surface area contributed by atoms with Crippen molar-refractivity contribution in [3.63, 3.8) is 0 Å². The van der Waals surface area contributed by atoms with E-state index < -0.39 is 17.5 Å². The summed E-state index contributed by atoms with van der Waals surface area (Å²) in [5.74, 6) is -2.58. The van der Waals surface area contributed by atoms with E-state index in [4.69, 9.17) is 11.1 Å². The van der Waals surface area contributed by atoms with Crippen LogP contribution in [0.15, 0.2) is 48.5 Å². The predicted molar refractivity (Wildman–Crippen MR) is 101 cm³/mol. The van der Waals surface area contributed by atoms with Gasteiger partial charge < -0.3 is 16.5 Å². The molecule has 0 aliphatic heterocycles. The number of hydrogen-bond acceptors (Lipinski definition) is 4. The van der Waals surface area contributed by atoms with E-state index in [-0.39, 0.29) is 11.4 Å². The number of aromatic nitrogens is 1. The first-order chi connectivity index (χ1) is 12.9. The summed E-state index contributed by atoms with van der Waals surface area (Å²) < 4.78 is 26.4. The quantitative estimate of drug-likeness (QED) is 0.478. The number of hydrogen-bond donors (Lipinski definition) is 3. The van der Waals surface area contributed by atoms with Crippen molar-refractivity contribution in [1.82, 2.24) is 4.98 Å². The number of benzene rings is 2. The van der Waals surface area contributed by atoms with E-state index in [0.717, 1.165) is 18.3 Å². The molecule has 0 fully saturated rings. The van der Waals surface area contributed by atoms with E-state index in [1.54, 1.807) is 37.3 Å². The Morgan fingerprint density at radius 2 is 1.89 bits per heavy atom. The number of nitrogens with two attached hydrogens (primary N) is 1. The standard InChI is InChI=1S/C20H16F2N4O/c1-11-2-7-18(12-3-4-13(10-23)17(24)8-12)26-19(11)20(27)25-14-5-6-15(21)16(22)9-14/h2-10,23H,24H2,1H3,(H,25,27). The summed E-state index contributed by atoms with van der Waals surface area (Å²) in [6, 6.07) is 11.7. The fourth-order valence-electron chi connectivity index (χ4n) is 2.55. The lowest BCUT2D eigenvalue weighted by molar-refractivity contribution is 0.102. The second-order valence-corrected chi connectivity index (χ2v) is 5.93. The van der Waals surface area contributed by atoms with Crippen LogP contribution in [0, 0.1) is 24.0 Å². The molecule has 3 aromatic rings. The molecular weight excluding hydrogens is 350 g/mol. The number of pyridine rings is 1. The van der Waals surface area contributed by atoms with Gasteiger partial charge in [-0.3, -0.25) is 4.79 Å². The number of aryl methyl sites for hydroxylation is 1. The maximum Gasteiger partial charge on any atom is 0.274 e. The molecule has 0 bridgehead atoms. The van der Waals surface area contributed by atoms with E-state index in [0.29, 0.717) is 28.1 Å². The molecule has 4 N–H and O–H groups in total. The van der Waals surface area contributed by atoms with Crippen LogP contribution in [0.4, 0.5) is 20.2 Å². The average molecular weight is 366 g/mol. The zero-order valence-corrected chi connectivity index (χ0v) is 14.4. The van der Waals surface area contributed by atoms with Gasteiger partial charge in [0.2, 0.25) is 0 Å². The zero-order valence-electron chi connectivity index (χ0n) is 14.4. The van der Waals surface area contributed by atoms with E-state index in [1.165, 1.54) is 6.07 Å². The molecule has 0 saturated heterocycles. The van der Waals surface area contributed by atoms with Crippen molar-refractivity contribution in [2.45, 2.75) is 6.92 Å². The summed E-state index contributed by atoms with van der Waals surface area (Å²) in [5, 5.41) is 9.80. The molecule has 5 nitrogen and oxygen atoms in total. The number of nitrogens with one attached hydrogen (secondary N) is 2. The van der Waals surface area contributed by atoms with Crippen molar-refractivity contribution in [3.05, 3.63) is 77.0 Å². The van der Waals surface area contributed by atoms with Gasteiger partial charge in [0.05, 0.1) is 5.69 Å². The Bertz CT molecular complexity index is 1050. The minimum absolute atomic E-state index is 0.130. The molecule has 1 heterocycles. The molecular formula is C20H16F2N4O. The van der Waals surface area contributed by atoms with E-state index in [2.05, 4.69) is 10.3 Å². The Hall–Kier alpha value is -3.61. The smallest absolute Gasteiger partial charge is 0.274 e. The third-order valence-corrected chi connectivity index (χ3v) is 4.03. The summed E-state index contributed by atoms with van der Waals surface area (Å²) in [7, 11) is 0. The van der Waals surface area contributed by atoms with Crippen LogP contribution in [-0.4, -0.2) is 17.1 Å². The molecule has 1 aromatic heterocycles. The molecule has 27 heavy (non-hydrogen) atoms. The minimum atomic E-state index is -1.05. The second kappa shape index (κ2) is 7.33. The Balaban J connectivity index is 1.92. The lowest BCUT2D eigenvalue weighted by Crippen LogP contribution is -2.16. The van der Waals surface area contributed by atoms with E-state index >= 15 is 0 Å². The number of anilines is 2. The molecule has 0 spiro atoms. The minimum Gasteiger partial charge on any atom is -0.398 e. The molecule has 7 heteroatoms. The van der Waals surface area contributed by atoms with Crippen molar-refractivity contribution in [2.75, 3.05) is 11.1 Å². The van der Waals surface area contributed by atoms with Gasteiger partial charge in [-0.1, -0.05) is 18.2 Å². The van der Waals surface area contributed by atoms with E-state index in [9.17, 15) is 13.6 Å². The topological polar surface area (TPSA) is 91.9 Å². The molecule has 3 rings (SSSR count). The first-order valence-electron chi connectivity index (χ1n) is 8.03. The Morgan fingerprint density at radius 3 is 2.56 bits per heavy atom. The summed E-state index contributed by atoms with van der Waals surface area (Å²) in [5.41, 5.74) is 9.05. The lowest BCUT2D eigenvalue weighted by atomic mass is 10.1. The van der Waals surface area contributed by atoms with Gasteiger partial charge in [0.1, 0.15) is 5.69 Å². The predicted octanol–water partition coefficient (Wildman–Crippen LogP) is 4.17. The third-order valence-electron chi connectivity index (χ3n) is 4.03. The summed E-state index contributed by atoms with van der Waals surface area (Å²) >= 11 is 0. The summed E-state index contributed by atoms with van der Waals surface area (Å²) in [6.07, 6.45) is 1.16. The highest BCUT2D eigenvalue weighted by molar-refractivity contribution is 6.04. The molecule has 136 valence electrons. The molecule has 0 aliphatic rings. The number of halogens is 2. The molecule has 0 unspecified atom stereocenters. The Labute approximate surface area is 154 Å². The van der Waals surface area contributed by atoms with Gasteiger partial charge >= 0.3 is 0 Å². The van der Waals surface area contributed by atoms with Crippen LogP contribution in [-0.2, 0) is 0 Å². The monoisotopic (exact) mass is 366 g/mol. The molecule has 0 saturated carbocycles. The maximum atomic E-state index is 13.3. The second-order valence-electron chi connectivity index (χ2n) is 5.93. The number of carbonyl (C=O) groups is 1. The molecule has 1 amide bonds. The molecule has 0 radical (unpaired) electrons. The highest BCUT2D eigenvalue weighted by Gasteiger charge is 2.14. The van der Waals surface area contributed by atoms with Gasteiger partial charge in [-0.25, -0.2) is 13.8 Å². The van der Waals surface area contributed by atoms with Gasteiger partial charge in [-0.2, -0.15) is 0 Å². The highest BCUT2D eigenvalue weighted by atomic mass is 19.2. The Morgan fingerprint density at radius 1 is 1.11 bits per heavy atom. The van der Waals surface area contributed by atoms with Crippen LogP contribution in [0.3, 0.4) is 0 Å². The van der Waals surface area contributed by atoms with Crippen LogP contribution < -0.4 is 11.1 Å². The highest BCUT2D eigenvalue weighted by Crippen LogP contribution is 2.23. The van der Waals surface area contributed by atoms with Gasteiger partial charge in [0, 0.05) is 34.8 Å². The SMILES string of the molecule is Cc1ccc(-c2ccc(C=N)c(N)c2)nc1C(=O)Nc1ccc(F)c(F)c1. The van der Waals surface area contributed by atoms with Crippen LogP contribution in [0.25, 0.3) is 11.3 Å². The van der Waals surface area contributed by atoms with Gasteiger partial charge in [0.25, 0.3) is 5.91 Å². The third kappa shape index (κ3) is 3.82. The van der Waals surface area contributed by atoms with Crippen molar-refractivity contribution >= 4 is 23.5 Å². The van der Waals surface area contributed by atoms with Crippen LogP contribution in [0.2, 0.25) is 0 Å². The zero-order chi connectivity index (χ0) is 19.6. The van der Waals surface area contributed by atoms with Crippen molar-refractivity contribution in [1.29, 1.82) is 5.41 Å². The fraction of sp³-hybridized carbons (Fsp3) is 0.0500. The largest absolute Gasteiger partial charge is 0.398 e. The van der Waals surface area contributed by atoms with Gasteiger partial charge in [0.15, 0.2) is 11.6 Å². The van der Waals surface area contributed by atoms with Gasteiger partial charge in [-0.15, -0.1) is 0 Å².